The molecule has 1 heterocycles. The van der Waals surface area contributed by atoms with Crippen LogP contribution in [0.4, 0.5) is 5.13 Å². The van der Waals surface area contributed by atoms with Crippen LogP contribution >= 0.6 is 34.7 Å². The predicted octanol–water partition coefficient (Wildman–Crippen LogP) is 3.96. The van der Waals surface area contributed by atoms with Crippen LogP contribution in [0.15, 0.2) is 29.2 Å². The molecule has 0 aliphatic rings. The first kappa shape index (κ1) is 24.1. The number of amides is 1. The van der Waals surface area contributed by atoms with E-state index in [0.29, 0.717) is 22.3 Å². The number of anilines is 1. The molecule has 7 nitrogen and oxygen atoms in total. The molecule has 0 bridgehead atoms. The van der Waals surface area contributed by atoms with Crippen LogP contribution in [-0.2, 0) is 21.2 Å². The molecule has 2 aromatic rings. The van der Waals surface area contributed by atoms with Gasteiger partial charge in [0.05, 0.1) is 4.90 Å². The number of aryl methyl sites for hydroxylation is 1. The maximum absolute atomic E-state index is 12.7. The maximum Gasteiger partial charge on any atom is 0.244 e. The Morgan fingerprint density at radius 1 is 1.24 bits per heavy atom. The van der Waals surface area contributed by atoms with Gasteiger partial charge in [-0.2, -0.15) is 16.5 Å². The molecule has 1 aromatic carbocycles. The average molecular weight is 477 g/mol. The Kier molecular flexibility index (Phi) is 9.84. The number of halogens is 1. The summed E-state index contributed by atoms with van der Waals surface area (Å²) in [6.07, 6.45) is 6.33. The molecule has 0 saturated carbocycles. The number of nitrogens with one attached hydrogen (secondary N) is 2. The van der Waals surface area contributed by atoms with E-state index in [1.807, 2.05) is 6.26 Å². The van der Waals surface area contributed by atoms with Gasteiger partial charge in [0.1, 0.15) is 11.0 Å². The van der Waals surface area contributed by atoms with Crippen molar-refractivity contribution >= 4 is 55.8 Å². The number of nitrogens with zero attached hydrogens (tertiary/aromatic N) is 2. The second kappa shape index (κ2) is 11.8. The van der Waals surface area contributed by atoms with Gasteiger partial charge in [-0.15, -0.1) is 10.2 Å². The third kappa shape index (κ3) is 7.86. The normalized spacial score (nSPS) is 12.7. The van der Waals surface area contributed by atoms with Crippen molar-refractivity contribution in [3.05, 3.63) is 34.3 Å². The highest BCUT2D eigenvalue weighted by molar-refractivity contribution is 7.98. The molecule has 29 heavy (non-hydrogen) atoms. The lowest BCUT2D eigenvalue weighted by atomic mass is 10.2. The monoisotopic (exact) mass is 476 g/mol. The van der Waals surface area contributed by atoms with Gasteiger partial charge in [-0.25, -0.2) is 8.42 Å². The Bertz CT molecular complexity index is 888. The first-order valence-corrected chi connectivity index (χ1v) is 13.3. The van der Waals surface area contributed by atoms with Crippen molar-refractivity contribution in [2.24, 2.45) is 0 Å². The second-order valence-corrected chi connectivity index (χ2v) is 10.6. The van der Waals surface area contributed by atoms with Gasteiger partial charge in [-0.05, 0) is 49.1 Å². The molecule has 0 fully saturated rings. The van der Waals surface area contributed by atoms with Crippen molar-refractivity contribution < 1.29 is 13.2 Å². The van der Waals surface area contributed by atoms with Gasteiger partial charge in [-0.1, -0.05) is 42.7 Å². The molecule has 1 amide bonds. The summed E-state index contributed by atoms with van der Waals surface area (Å²) in [5.74, 6) is 0.174. The zero-order valence-electron chi connectivity index (χ0n) is 16.4. The number of carbonyl (C=O) groups is 1. The number of thioether (sulfide) groups is 1. The highest BCUT2D eigenvalue weighted by atomic mass is 35.5. The van der Waals surface area contributed by atoms with Crippen LogP contribution < -0.4 is 10.0 Å². The van der Waals surface area contributed by atoms with Crippen LogP contribution in [0.2, 0.25) is 5.02 Å². The summed E-state index contributed by atoms with van der Waals surface area (Å²) in [4.78, 5) is 12.8. The number of hydrogen-bond acceptors (Lipinski definition) is 7. The number of aromatic nitrogens is 2. The van der Waals surface area contributed by atoms with Crippen molar-refractivity contribution in [3.8, 4) is 0 Å². The fourth-order valence-corrected chi connectivity index (χ4v) is 5.08. The Labute approximate surface area is 185 Å². The highest BCUT2D eigenvalue weighted by Crippen LogP contribution is 2.19. The molecule has 0 saturated heterocycles. The number of rotatable bonds is 12. The van der Waals surface area contributed by atoms with Crippen molar-refractivity contribution in [1.82, 2.24) is 14.9 Å². The fraction of sp³-hybridized carbons (Fsp3) is 0.500. The summed E-state index contributed by atoms with van der Waals surface area (Å²) >= 11 is 8.68. The van der Waals surface area contributed by atoms with Crippen LogP contribution in [0.1, 0.15) is 37.6 Å². The number of unbranched alkanes of at least 4 members (excludes halogenated alkanes) is 2. The molecular weight excluding hydrogens is 452 g/mol. The summed E-state index contributed by atoms with van der Waals surface area (Å²) in [6, 6.07) is 4.88. The summed E-state index contributed by atoms with van der Waals surface area (Å²) < 4.78 is 27.8. The van der Waals surface area contributed by atoms with Gasteiger partial charge in [0.25, 0.3) is 0 Å². The van der Waals surface area contributed by atoms with Gasteiger partial charge < -0.3 is 0 Å². The minimum atomic E-state index is -3.87. The van der Waals surface area contributed by atoms with E-state index in [1.165, 1.54) is 47.4 Å². The predicted molar refractivity (Wildman–Crippen MR) is 120 cm³/mol. The summed E-state index contributed by atoms with van der Waals surface area (Å²) in [5, 5.41) is 12.5. The van der Waals surface area contributed by atoms with Crippen LogP contribution in [0.5, 0.6) is 0 Å². The smallest absolute Gasteiger partial charge is 0.244 e. The Morgan fingerprint density at radius 3 is 2.62 bits per heavy atom. The molecule has 0 aliphatic heterocycles. The van der Waals surface area contributed by atoms with Crippen LogP contribution in [0.25, 0.3) is 0 Å². The van der Waals surface area contributed by atoms with Gasteiger partial charge in [0, 0.05) is 11.4 Å². The molecular formula is C18H25ClN4O3S3. The van der Waals surface area contributed by atoms with Crippen LogP contribution in [-0.4, -0.2) is 42.6 Å². The maximum atomic E-state index is 12.7. The molecule has 2 N–H and O–H groups in total. The van der Waals surface area contributed by atoms with Crippen molar-refractivity contribution in [3.63, 3.8) is 0 Å². The molecule has 1 atom stereocenters. The zero-order valence-corrected chi connectivity index (χ0v) is 19.6. The van der Waals surface area contributed by atoms with Gasteiger partial charge in [0.15, 0.2) is 0 Å². The van der Waals surface area contributed by atoms with E-state index in [9.17, 15) is 13.2 Å². The third-order valence-corrected chi connectivity index (χ3v) is 7.32. The SMILES string of the molecule is CCCCCc1nnc(NC(=O)C(CCSC)NS(=O)(=O)c2ccc(Cl)cc2)s1. The summed E-state index contributed by atoms with van der Waals surface area (Å²) in [5.41, 5.74) is 0. The Morgan fingerprint density at radius 2 is 1.97 bits per heavy atom. The minimum absolute atomic E-state index is 0.0537. The average Bonchev–Trinajstić information content (AvgIpc) is 3.12. The van der Waals surface area contributed by atoms with Crippen LogP contribution in [0, 0.1) is 0 Å². The van der Waals surface area contributed by atoms with Gasteiger partial charge in [0.2, 0.25) is 21.1 Å². The van der Waals surface area contributed by atoms with E-state index in [0.717, 1.165) is 30.7 Å². The lowest BCUT2D eigenvalue weighted by molar-refractivity contribution is -0.117. The van der Waals surface area contributed by atoms with E-state index in [-0.39, 0.29) is 4.90 Å². The van der Waals surface area contributed by atoms with E-state index < -0.39 is 22.0 Å². The first-order chi connectivity index (χ1) is 13.9. The molecule has 0 spiro atoms. The molecule has 160 valence electrons. The van der Waals surface area contributed by atoms with Crippen LogP contribution in [0.3, 0.4) is 0 Å². The molecule has 11 heteroatoms. The quantitative estimate of drug-likeness (QED) is 0.449. The van der Waals surface area contributed by atoms with Crippen molar-refractivity contribution in [2.45, 2.75) is 50.0 Å². The lowest BCUT2D eigenvalue weighted by Crippen LogP contribution is -2.44. The lowest BCUT2D eigenvalue weighted by Gasteiger charge is -2.17. The largest absolute Gasteiger partial charge is 0.299 e. The molecule has 0 radical (unpaired) electrons. The molecule has 0 aliphatic carbocycles. The molecule has 2 rings (SSSR count). The molecule has 1 unspecified atom stereocenters. The van der Waals surface area contributed by atoms with E-state index >= 15 is 0 Å². The number of carbonyl (C=O) groups excluding carboxylic acids is 1. The number of hydrogen-bond donors (Lipinski definition) is 2. The third-order valence-electron chi connectivity index (χ3n) is 4.04. The van der Waals surface area contributed by atoms with E-state index in [1.54, 1.807) is 0 Å². The van der Waals surface area contributed by atoms with Crippen molar-refractivity contribution in [1.29, 1.82) is 0 Å². The minimum Gasteiger partial charge on any atom is -0.299 e. The van der Waals surface area contributed by atoms with Gasteiger partial charge >= 0.3 is 0 Å². The summed E-state index contributed by atoms with van der Waals surface area (Å²) in [6.45, 7) is 2.13. The topological polar surface area (TPSA) is 101 Å². The second-order valence-electron chi connectivity index (χ2n) is 6.36. The number of sulfonamides is 1. The Balaban J connectivity index is 2.06. The zero-order chi connectivity index (χ0) is 21.3. The standard InChI is InChI=1S/C18H25ClN4O3S3/c1-3-4-5-6-16-21-22-18(28-16)20-17(24)15(11-12-27-2)23-29(25,26)14-9-7-13(19)8-10-14/h7-10,15,23H,3-6,11-12H2,1-2H3,(H,20,22,24). The fourth-order valence-electron chi connectivity index (χ4n) is 2.47. The molecule has 1 aromatic heterocycles. The summed E-state index contributed by atoms with van der Waals surface area (Å²) in [7, 11) is -3.87. The van der Waals surface area contributed by atoms with Gasteiger partial charge in [-0.3, -0.25) is 10.1 Å². The van der Waals surface area contributed by atoms with Crippen molar-refractivity contribution in [2.75, 3.05) is 17.3 Å². The first-order valence-electron chi connectivity index (χ1n) is 9.25. The highest BCUT2D eigenvalue weighted by Gasteiger charge is 2.26. The van der Waals surface area contributed by atoms with E-state index in [4.69, 9.17) is 11.6 Å². The number of benzene rings is 1. The Hall–Kier alpha value is -1.20. The van der Waals surface area contributed by atoms with E-state index in [2.05, 4.69) is 27.2 Å².